The fraction of sp³-hybridized carbons (Fsp3) is 0.0909. The number of aromatic amines is 1. The standard InChI is InChI=1S/C11H9FN2O3/c1-17-10-5-8(12)4-9-11(10)7(6-13-9)2-3-14(15)16/h2-6,13H,1H3/b3-2+. The number of nitrogens with one attached hydrogen (secondary N) is 1. The molecule has 0 aliphatic rings. The van der Waals surface area contributed by atoms with Gasteiger partial charge in [0.15, 0.2) is 0 Å². The van der Waals surface area contributed by atoms with E-state index in [1.807, 2.05) is 0 Å². The summed E-state index contributed by atoms with van der Waals surface area (Å²) in [5.74, 6) is -0.0924. The van der Waals surface area contributed by atoms with Crippen LogP contribution in [0.25, 0.3) is 17.0 Å². The van der Waals surface area contributed by atoms with Crippen molar-refractivity contribution in [1.82, 2.24) is 4.98 Å². The molecule has 17 heavy (non-hydrogen) atoms. The number of halogens is 1. The van der Waals surface area contributed by atoms with Crippen molar-refractivity contribution in [3.63, 3.8) is 0 Å². The van der Waals surface area contributed by atoms with E-state index in [0.29, 0.717) is 22.2 Å². The van der Waals surface area contributed by atoms with Crippen LogP contribution in [-0.2, 0) is 0 Å². The molecule has 0 aliphatic heterocycles. The van der Waals surface area contributed by atoms with Crippen LogP contribution in [-0.4, -0.2) is 17.0 Å². The molecule has 0 radical (unpaired) electrons. The van der Waals surface area contributed by atoms with Gasteiger partial charge in [0.2, 0.25) is 6.20 Å². The van der Waals surface area contributed by atoms with Gasteiger partial charge in [0.05, 0.1) is 17.5 Å². The molecule has 6 heteroatoms. The highest BCUT2D eigenvalue weighted by molar-refractivity contribution is 5.94. The minimum Gasteiger partial charge on any atom is -0.496 e. The Morgan fingerprint density at radius 2 is 2.29 bits per heavy atom. The number of aromatic nitrogens is 1. The predicted octanol–water partition coefficient (Wildman–Crippen LogP) is 2.56. The Labute approximate surface area is 95.7 Å². The molecule has 0 spiro atoms. The van der Waals surface area contributed by atoms with Gasteiger partial charge in [-0.05, 0) is 6.07 Å². The van der Waals surface area contributed by atoms with Crippen molar-refractivity contribution in [1.29, 1.82) is 0 Å². The molecule has 1 aromatic heterocycles. The molecule has 0 atom stereocenters. The molecular weight excluding hydrogens is 227 g/mol. The second-order valence-electron chi connectivity index (χ2n) is 3.38. The highest BCUT2D eigenvalue weighted by atomic mass is 19.1. The smallest absolute Gasteiger partial charge is 0.235 e. The van der Waals surface area contributed by atoms with Crippen molar-refractivity contribution in [2.75, 3.05) is 7.11 Å². The van der Waals surface area contributed by atoms with Gasteiger partial charge in [-0.25, -0.2) is 4.39 Å². The maximum Gasteiger partial charge on any atom is 0.235 e. The first-order valence-corrected chi connectivity index (χ1v) is 4.78. The molecule has 0 bridgehead atoms. The van der Waals surface area contributed by atoms with Gasteiger partial charge in [-0.3, -0.25) is 10.1 Å². The van der Waals surface area contributed by atoms with Crippen molar-refractivity contribution in [3.8, 4) is 5.75 Å². The first-order chi connectivity index (χ1) is 8.11. The van der Waals surface area contributed by atoms with Gasteiger partial charge in [0.25, 0.3) is 0 Å². The second kappa shape index (κ2) is 4.25. The third kappa shape index (κ3) is 2.10. The Hall–Kier alpha value is -2.37. The monoisotopic (exact) mass is 236 g/mol. The molecular formula is C11H9FN2O3. The summed E-state index contributed by atoms with van der Waals surface area (Å²) in [5, 5.41) is 10.9. The Morgan fingerprint density at radius 1 is 1.53 bits per heavy atom. The van der Waals surface area contributed by atoms with Gasteiger partial charge in [-0.1, -0.05) is 0 Å². The van der Waals surface area contributed by atoms with Crippen LogP contribution in [0.15, 0.2) is 24.5 Å². The van der Waals surface area contributed by atoms with Gasteiger partial charge in [-0.15, -0.1) is 0 Å². The molecule has 0 amide bonds. The van der Waals surface area contributed by atoms with Crippen LogP contribution in [0.3, 0.4) is 0 Å². The van der Waals surface area contributed by atoms with Gasteiger partial charge < -0.3 is 9.72 Å². The number of fused-ring (bicyclic) bond motifs is 1. The van der Waals surface area contributed by atoms with E-state index >= 15 is 0 Å². The molecule has 1 N–H and O–H groups in total. The van der Waals surface area contributed by atoms with Crippen LogP contribution >= 0.6 is 0 Å². The predicted molar refractivity (Wildman–Crippen MR) is 60.8 cm³/mol. The number of benzene rings is 1. The van der Waals surface area contributed by atoms with E-state index in [1.54, 1.807) is 6.20 Å². The number of ether oxygens (including phenoxy) is 1. The van der Waals surface area contributed by atoms with Crippen molar-refractivity contribution < 1.29 is 14.1 Å². The van der Waals surface area contributed by atoms with E-state index in [0.717, 1.165) is 6.20 Å². The van der Waals surface area contributed by atoms with E-state index in [9.17, 15) is 14.5 Å². The average Bonchev–Trinajstić information content (AvgIpc) is 2.68. The molecule has 0 fully saturated rings. The van der Waals surface area contributed by atoms with Crippen molar-refractivity contribution in [2.45, 2.75) is 0 Å². The maximum atomic E-state index is 13.2. The summed E-state index contributed by atoms with van der Waals surface area (Å²) in [6.45, 7) is 0. The van der Waals surface area contributed by atoms with Crippen LogP contribution in [0.4, 0.5) is 4.39 Å². The molecule has 2 aromatic rings. The Morgan fingerprint density at radius 3 is 2.94 bits per heavy atom. The molecule has 1 aromatic carbocycles. The normalized spacial score (nSPS) is 11.2. The summed E-state index contributed by atoms with van der Waals surface area (Å²) in [6.07, 6.45) is 3.72. The van der Waals surface area contributed by atoms with E-state index in [2.05, 4.69) is 4.98 Å². The lowest BCUT2D eigenvalue weighted by molar-refractivity contribution is -0.400. The van der Waals surface area contributed by atoms with Crippen LogP contribution in [0, 0.1) is 15.9 Å². The van der Waals surface area contributed by atoms with E-state index < -0.39 is 10.7 Å². The lowest BCUT2D eigenvalue weighted by atomic mass is 10.1. The fourth-order valence-corrected chi connectivity index (χ4v) is 1.65. The molecule has 5 nitrogen and oxygen atoms in total. The molecule has 88 valence electrons. The van der Waals surface area contributed by atoms with Gasteiger partial charge in [0, 0.05) is 29.3 Å². The number of hydrogen-bond acceptors (Lipinski definition) is 3. The summed E-state index contributed by atoms with van der Waals surface area (Å²) in [7, 11) is 1.42. The van der Waals surface area contributed by atoms with Crippen LogP contribution < -0.4 is 4.74 Å². The molecule has 0 unspecified atom stereocenters. The Bertz CT molecular complexity index is 604. The number of hydrogen-bond donors (Lipinski definition) is 1. The topological polar surface area (TPSA) is 68.2 Å². The summed E-state index contributed by atoms with van der Waals surface area (Å²) in [4.78, 5) is 12.5. The lowest BCUT2D eigenvalue weighted by Gasteiger charge is -2.02. The van der Waals surface area contributed by atoms with E-state index in [4.69, 9.17) is 4.74 Å². The highest BCUT2D eigenvalue weighted by Gasteiger charge is 2.10. The van der Waals surface area contributed by atoms with Crippen LogP contribution in [0.1, 0.15) is 5.56 Å². The summed E-state index contributed by atoms with van der Waals surface area (Å²) in [5.41, 5.74) is 1.11. The number of rotatable bonds is 3. The number of methoxy groups -OCH3 is 1. The van der Waals surface area contributed by atoms with E-state index in [-0.39, 0.29) is 0 Å². The molecule has 0 saturated heterocycles. The first kappa shape index (κ1) is 11.1. The minimum absolute atomic E-state index is 0.337. The van der Waals surface area contributed by atoms with Crippen molar-refractivity contribution in [3.05, 3.63) is 46.0 Å². The zero-order valence-electron chi connectivity index (χ0n) is 8.94. The first-order valence-electron chi connectivity index (χ1n) is 4.78. The summed E-state index contributed by atoms with van der Waals surface area (Å²) >= 11 is 0. The van der Waals surface area contributed by atoms with Crippen LogP contribution in [0.2, 0.25) is 0 Å². The highest BCUT2D eigenvalue weighted by Crippen LogP contribution is 2.30. The summed E-state index contributed by atoms with van der Waals surface area (Å²) < 4.78 is 18.2. The second-order valence-corrected chi connectivity index (χ2v) is 3.38. The van der Waals surface area contributed by atoms with Crippen molar-refractivity contribution >= 4 is 17.0 Å². The van der Waals surface area contributed by atoms with Crippen LogP contribution in [0.5, 0.6) is 5.75 Å². The molecule has 2 rings (SSSR count). The Kier molecular flexibility index (Phi) is 2.78. The number of nitro groups is 1. The van der Waals surface area contributed by atoms with E-state index in [1.165, 1.54) is 25.3 Å². The molecule has 0 saturated carbocycles. The van der Waals surface area contributed by atoms with Gasteiger partial charge >= 0.3 is 0 Å². The minimum atomic E-state index is -0.561. The van der Waals surface area contributed by atoms with Gasteiger partial charge in [0.1, 0.15) is 11.6 Å². The third-order valence-corrected chi connectivity index (χ3v) is 2.33. The zero-order chi connectivity index (χ0) is 12.4. The largest absolute Gasteiger partial charge is 0.496 e. The quantitative estimate of drug-likeness (QED) is 0.657. The number of H-pyrrole nitrogens is 1. The van der Waals surface area contributed by atoms with Gasteiger partial charge in [-0.2, -0.15) is 0 Å². The Balaban J connectivity index is 2.62. The third-order valence-electron chi connectivity index (χ3n) is 2.33. The average molecular weight is 236 g/mol. The molecule has 0 aliphatic carbocycles. The lowest BCUT2D eigenvalue weighted by Crippen LogP contribution is -1.87. The zero-order valence-corrected chi connectivity index (χ0v) is 8.94. The van der Waals surface area contributed by atoms with Crippen molar-refractivity contribution in [2.24, 2.45) is 0 Å². The maximum absolute atomic E-state index is 13.2. The number of nitrogens with zero attached hydrogens (tertiary/aromatic N) is 1. The molecule has 1 heterocycles. The fourth-order valence-electron chi connectivity index (χ4n) is 1.65. The SMILES string of the molecule is COc1cc(F)cc2[nH]cc(/C=C/[N+](=O)[O-])c12. The summed E-state index contributed by atoms with van der Waals surface area (Å²) in [6, 6.07) is 2.54.